The molecule has 51 heteroatoms. The summed E-state index contributed by atoms with van der Waals surface area (Å²) in [6.45, 7) is 14.9. The van der Waals surface area contributed by atoms with Gasteiger partial charge in [-0.3, -0.25) is 102 Å². The highest BCUT2D eigenvalue weighted by atomic mass is 32.2. The number of nitrogens with one attached hydrogen (secondary N) is 9. The maximum Gasteiger partial charge on any atom is 0.326 e. The lowest BCUT2D eigenvalue weighted by Gasteiger charge is -2.35. The minimum atomic E-state index is -2.08. The summed E-state index contributed by atoms with van der Waals surface area (Å²) in [4.78, 5) is 275. The lowest BCUT2D eigenvalue weighted by atomic mass is 9.90. The second kappa shape index (κ2) is 55.0. The Morgan fingerprint density at radius 2 is 1.19 bits per heavy atom. The van der Waals surface area contributed by atoms with Crippen LogP contribution in [0.2, 0.25) is 0 Å². The number of H-pyrrole nitrogens is 1. The minimum absolute atomic E-state index is 0.0167. The number of imide groups is 1. The van der Waals surface area contributed by atoms with Crippen molar-refractivity contribution in [1.29, 1.82) is 5.41 Å². The van der Waals surface area contributed by atoms with E-state index in [0.717, 1.165) is 23.3 Å². The predicted octanol–water partition coefficient (Wildman–Crippen LogP) is 2.82. The largest absolute Gasteiger partial charge is 0.493 e. The number of likely N-dealkylation sites (tertiary alicyclic amines) is 3. The van der Waals surface area contributed by atoms with Crippen LogP contribution >= 0.6 is 11.8 Å². The highest BCUT2D eigenvalue weighted by Crippen LogP contribution is 2.40. The van der Waals surface area contributed by atoms with Gasteiger partial charge >= 0.3 is 29.8 Å². The monoisotopic (exact) mass is 2110 g/mol. The van der Waals surface area contributed by atoms with E-state index in [-0.39, 0.29) is 148 Å². The van der Waals surface area contributed by atoms with Gasteiger partial charge in [-0.05, 0) is 126 Å². The molecule has 50 nitrogen and oxygen atoms in total. The van der Waals surface area contributed by atoms with Crippen LogP contribution in [0.4, 0.5) is 23.0 Å². The molecule has 0 aliphatic carbocycles. The number of carboxylic acids is 5. The average Bonchev–Trinajstić information content (AvgIpc) is 1.63. The van der Waals surface area contributed by atoms with Crippen molar-refractivity contribution < 1.29 is 140 Å². The summed E-state index contributed by atoms with van der Waals surface area (Å²) < 4.78 is 35.7. The molecule has 3 unspecified atom stereocenters. The first-order valence-electron chi connectivity index (χ1n) is 49.1. The molecule has 0 bridgehead atoms. The molecule has 150 heavy (non-hydrogen) atoms. The molecule has 5 aromatic rings. The van der Waals surface area contributed by atoms with Crippen LogP contribution in [0.25, 0.3) is 11.2 Å². The molecule has 13 atom stereocenters. The number of methoxy groups -OCH3 is 2. The van der Waals surface area contributed by atoms with Gasteiger partial charge in [0.2, 0.25) is 47.3 Å². The molecule has 5 aliphatic rings. The molecular formula is C99H130N20O30S. The number of nitrogens with two attached hydrogens (primary N) is 4. The minimum Gasteiger partial charge on any atom is -0.493 e. The molecule has 0 saturated carbocycles. The van der Waals surface area contributed by atoms with E-state index in [1.165, 1.54) is 73.5 Å². The molecule has 7 heterocycles. The van der Waals surface area contributed by atoms with Gasteiger partial charge in [-0.1, -0.05) is 44.6 Å². The summed E-state index contributed by atoms with van der Waals surface area (Å²) in [7, 11) is 2.92. The Labute approximate surface area is 865 Å². The number of aromatic nitrogens is 4. The van der Waals surface area contributed by atoms with E-state index < -0.39 is 247 Å². The number of rotatable bonds is 60. The van der Waals surface area contributed by atoms with Crippen molar-refractivity contribution in [3.8, 4) is 23.0 Å². The van der Waals surface area contributed by atoms with Crippen molar-refractivity contribution in [1.82, 2.24) is 71.4 Å². The number of carboxylic acid groups (broad SMARTS) is 5. The van der Waals surface area contributed by atoms with Crippen molar-refractivity contribution >= 4 is 158 Å². The fraction of sp³-hybridized carbons (Fsp3) is 0.525. The van der Waals surface area contributed by atoms with Crippen molar-refractivity contribution in [2.75, 3.05) is 102 Å². The van der Waals surface area contributed by atoms with Crippen molar-refractivity contribution in [2.45, 2.75) is 228 Å². The molecule has 5 aliphatic heterocycles. The molecule has 10 rings (SSSR count). The number of carbonyl (C=O) groups excluding carboxylic acids is 13. The Kier molecular flexibility index (Phi) is 42.7. The molecule has 0 radical (unpaired) electrons. The number of Topliss-reactive ketones (excluding diaryl/α,β-unsaturated/α-hetero) is 3. The number of aliphatic carboxylic acids is 5. The maximum absolute atomic E-state index is 14.6. The number of fused-ring (bicyclic) bond motifs is 1. The van der Waals surface area contributed by atoms with Gasteiger partial charge in [0.05, 0.1) is 136 Å². The van der Waals surface area contributed by atoms with E-state index in [9.17, 15) is 117 Å². The summed E-state index contributed by atoms with van der Waals surface area (Å²) in [5.74, 6) is -24.6. The van der Waals surface area contributed by atoms with Crippen LogP contribution in [0.1, 0.15) is 199 Å². The van der Waals surface area contributed by atoms with Gasteiger partial charge in [-0.15, -0.1) is 11.8 Å². The normalized spacial score (nSPS) is 18.1. The molecule has 2 aromatic heterocycles. The van der Waals surface area contributed by atoms with Crippen LogP contribution in [0, 0.1) is 29.1 Å². The number of anilines is 4. The highest BCUT2D eigenvalue weighted by Gasteiger charge is 2.48. The van der Waals surface area contributed by atoms with Gasteiger partial charge in [0.1, 0.15) is 23.9 Å². The summed E-state index contributed by atoms with van der Waals surface area (Å²) in [6, 6.07) is 3.20. The molecule has 22 N–H and O–H groups in total. The topological polar surface area (TPSA) is 760 Å². The second-order valence-electron chi connectivity index (χ2n) is 37.7. The van der Waals surface area contributed by atoms with Gasteiger partial charge in [0.15, 0.2) is 57.9 Å². The SMILES string of the molecule is C=C1C[C@@H](C2CCCO2)N(C(=O)c2cc(OC)c(OCCCCCOc3cc(N)c(C(=O)N4CC(=C)C[C@H]4C4OCCN4C(=O)[C@H](C)NC(=O)[C@@H](NC(=O)CCCCCN4C(=O)CC(SC[C@H](CC(=O)[C@H](CC(=O)O)NC(=O)[C@H](CC(=O)O)CC(=O)[C@H](CCCNC(=N)N)NC(=O)[C@H](CC(=O)O)CC(=O)CC[C@H](NC(=O)c5ccc(NCc6cnc7nc(N)[nH]c(=O)c7n6)cc5)C(=O)O)C(=O)O)C4=O)C(C)C)cc3OC)cc2N)C1. The Morgan fingerprint density at radius 1 is 0.607 bits per heavy atom. The van der Waals surface area contributed by atoms with Gasteiger partial charge in [0, 0.05) is 118 Å². The summed E-state index contributed by atoms with van der Waals surface area (Å²) in [6.07, 6.45) is -2.92. The molecule has 10 amide bonds. The Balaban J connectivity index is 0.644. The third-order valence-corrected chi connectivity index (χ3v) is 27.3. The number of hydrogen-bond donors (Lipinski definition) is 18. The summed E-state index contributed by atoms with van der Waals surface area (Å²) in [5, 5.41) is 74.3. The standard InChI is InChI=1S/C99H130N20O30S/c1-50(2)83(89(134)108-53(5)91(136)117-27-31-149-95(117)69-33-52(4)48-119(69)93(138)62-40-74(145-7)76(42-64(62)101)148-29-13-9-12-28-147-75-41-63(100)61(39-73(75)144-6)92(137)118-47-51(3)32-68(118)72-17-15-30-146-72)113-78(123)18-10-8-11-26-116-79(124)44-77(94(116)139)150-49-57(96(140)141)36-71(122)67(43-82(129)130)112-88(133)56(38-81(127)128)35-70(121)65(16-14-25-105-98(102)103)110-87(132)55(37-80(125)126)34-60(120)23-24-66(97(142)143)111-86(131)54-19-21-58(22-20-54)106-45-59-46-107-85-84(109-59)90(135)115-99(104)114-85/h19-22,39-42,46,50,53,55-57,65-69,72,77,83,95,106H,3-4,8-18,23-38,43-45,47-49,100-101H2,1-2,5-7H3,(H,108,134)(H,110,132)(H,111,131)(H,112,133)(H,113,123)(H,125,126)(H,127,128)(H,129,130)(H,140,141)(H,142,143)(H4,102,103,105)(H3,104,107,114,115,135)/t53-,55-,56-,57-,65-,66-,67-,68-,69-,72?,77?,83-,95?/m0/s1. The van der Waals surface area contributed by atoms with Gasteiger partial charge < -0.3 is 129 Å². The Bertz CT molecular complexity index is 5960. The zero-order chi connectivity index (χ0) is 110. The molecule has 3 aromatic carbocycles. The third-order valence-electron chi connectivity index (χ3n) is 26.0. The van der Waals surface area contributed by atoms with Crippen LogP contribution in [-0.4, -0.2) is 316 Å². The molecule has 5 saturated heterocycles. The molecule has 812 valence electrons. The van der Waals surface area contributed by atoms with Crippen LogP contribution in [-0.2, 0) is 87.9 Å². The number of benzene rings is 3. The van der Waals surface area contributed by atoms with Crippen LogP contribution in [0.3, 0.4) is 0 Å². The molecular weight excluding hydrogens is 1980 g/mol. The van der Waals surface area contributed by atoms with Crippen molar-refractivity contribution in [2.24, 2.45) is 29.4 Å². The first-order chi connectivity index (χ1) is 71.3. The van der Waals surface area contributed by atoms with E-state index in [4.69, 9.17) is 56.8 Å². The number of hydrogen-bond acceptors (Lipinski definition) is 34. The van der Waals surface area contributed by atoms with Crippen LogP contribution in [0.15, 0.2) is 83.8 Å². The molecule has 5 fully saturated rings. The van der Waals surface area contributed by atoms with Gasteiger partial charge in [-0.25, -0.2) is 14.8 Å². The van der Waals surface area contributed by atoms with E-state index in [1.54, 1.807) is 30.9 Å². The van der Waals surface area contributed by atoms with Crippen molar-refractivity contribution in [3.05, 3.63) is 112 Å². The fourth-order valence-electron chi connectivity index (χ4n) is 18.1. The number of thioether (sulfide) groups is 1. The first kappa shape index (κ1) is 116. The quantitative estimate of drug-likeness (QED) is 0.00664. The fourth-order valence-corrected chi connectivity index (χ4v) is 19.3. The lowest BCUT2D eigenvalue weighted by molar-refractivity contribution is -0.145. The Morgan fingerprint density at radius 3 is 1.77 bits per heavy atom. The number of unbranched alkanes of at least 4 members (excludes halogenated alkanes) is 4. The number of nitrogens with zero attached hydrogens (tertiary/aromatic N) is 7. The van der Waals surface area contributed by atoms with Gasteiger partial charge in [-0.2, -0.15) is 4.98 Å². The zero-order valence-electron chi connectivity index (χ0n) is 83.8. The smallest absolute Gasteiger partial charge is 0.326 e. The number of ether oxygens (including phenoxy) is 6. The zero-order valence-corrected chi connectivity index (χ0v) is 84.6. The predicted molar refractivity (Wildman–Crippen MR) is 539 cm³/mol. The lowest BCUT2D eigenvalue weighted by Crippen LogP contribution is -2.57. The summed E-state index contributed by atoms with van der Waals surface area (Å²) >= 11 is 0.706. The second-order valence-corrected chi connectivity index (χ2v) is 38.9. The Hall–Kier alpha value is -15.4. The number of carbonyl (C=O) groups is 18. The van der Waals surface area contributed by atoms with Crippen LogP contribution in [0.5, 0.6) is 23.0 Å². The van der Waals surface area contributed by atoms with Crippen molar-refractivity contribution in [3.63, 3.8) is 0 Å². The van der Waals surface area contributed by atoms with E-state index in [1.807, 2.05) is 0 Å². The highest BCUT2D eigenvalue weighted by molar-refractivity contribution is 8.00. The third kappa shape index (κ3) is 32.8. The van der Waals surface area contributed by atoms with Crippen LogP contribution < -0.4 is 84.7 Å². The maximum atomic E-state index is 14.6. The van der Waals surface area contributed by atoms with E-state index in [0.29, 0.717) is 103 Å². The number of ketones is 3. The molecule has 0 spiro atoms. The first-order valence-corrected chi connectivity index (χ1v) is 50.1. The number of nitrogen functional groups attached to an aromatic ring is 3. The number of amides is 10. The number of guanidine groups is 1. The number of aromatic amines is 1. The summed E-state index contributed by atoms with van der Waals surface area (Å²) in [5.41, 5.74) is 26.6. The van der Waals surface area contributed by atoms with E-state index in [2.05, 4.69) is 70.3 Å². The van der Waals surface area contributed by atoms with E-state index >= 15 is 0 Å². The average molecular weight is 2110 g/mol. The van der Waals surface area contributed by atoms with Gasteiger partial charge in [0.25, 0.3) is 23.3 Å².